The zero-order valence-corrected chi connectivity index (χ0v) is 19.3. The van der Waals surface area contributed by atoms with Crippen LogP contribution in [0, 0.1) is 0 Å². The van der Waals surface area contributed by atoms with Crippen LogP contribution in [0.5, 0.6) is 0 Å². The number of esters is 1. The fourth-order valence-electron chi connectivity index (χ4n) is 2.90. The van der Waals surface area contributed by atoms with E-state index in [0.29, 0.717) is 28.8 Å². The standard InChI is InChI=1S/C22H25N3O4S2/c1-4-25-20(15-31(27,28)19-8-6-5-7-9-19)23-24-22(25)30-14-17-10-12-18(13-11-17)21(26)29-16(2)3/h5-13,16H,4,14-15H2,1-3H3. The summed E-state index contributed by atoms with van der Waals surface area (Å²) >= 11 is 1.47. The third kappa shape index (κ3) is 5.95. The molecule has 9 heteroatoms. The van der Waals surface area contributed by atoms with Gasteiger partial charge in [-0.3, -0.25) is 0 Å². The van der Waals surface area contributed by atoms with Gasteiger partial charge in [0.15, 0.2) is 15.0 Å². The number of thioether (sulfide) groups is 1. The lowest BCUT2D eigenvalue weighted by atomic mass is 10.1. The van der Waals surface area contributed by atoms with E-state index in [1.54, 1.807) is 42.5 Å². The van der Waals surface area contributed by atoms with Crippen molar-refractivity contribution in [2.75, 3.05) is 0 Å². The van der Waals surface area contributed by atoms with Crippen molar-refractivity contribution in [2.24, 2.45) is 0 Å². The Kier molecular flexibility index (Phi) is 7.50. The van der Waals surface area contributed by atoms with Gasteiger partial charge in [0.1, 0.15) is 11.6 Å². The zero-order valence-electron chi connectivity index (χ0n) is 17.7. The van der Waals surface area contributed by atoms with E-state index in [1.165, 1.54) is 11.8 Å². The summed E-state index contributed by atoms with van der Waals surface area (Å²) in [6, 6.07) is 15.6. The Labute approximate surface area is 186 Å². The van der Waals surface area contributed by atoms with Crippen LogP contribution in [0.25, 0.3) is 0 Å². The molecule has 164 valence electrons. The molecule has 7 nitrogen and oxygen atoms in total. The molecule has 31 heavy (non-hydrogen) atoms. The van der Waals surface area contributed by atoms with Crippen molar-refractivity contribution in [1.29, 1.82) is 0 Å². The largest absolute Gasteiger partial charge is 0.459 e. The van der Waals surface area contributed by atoms with Gasteiger partial charge in [0.2, 0.25) is 0 Å². The van der Waals surface area contributed by atoms with E-state index >= 15 is 0 Å². The molecule has 0 saturated carbocycles. The lowest BCUT2D eigenvalue weighted by Crippen LogP contribution is -2.11. The number of carbonyl (C=O) groups is 1. The van der Waals surface area contributed by atoms with E-state index in [1.807, 2.05) is 37.5 Å². The van der Waals surface area contributed by atoms with Crippen LogP contribution in [0.1, 0.15) is 42.5 Å². The van der Waals surface area contributed by atoms with Crippen LogP contribution in [-0.4, -0.2) is 35.3 Å². The van der Waals surface area contributed by atoms with Crippen LogP contribution in [0.3, 0.4) is 0 Å². The van der Waals surface area contributed by atoms with Crippen molar-refractivity contribution in [3.8, 4) is 0 Å². The van der Waals surface area contributed by atoms with Crippen LogP contribution in [0.15, 0.2) is 64.6 Å². The summed E-state index contributed by atoms with van der Waals surface area (Å²) in [5.41, 5.74) is 1.52. The third-order valence-electron chi connectivity index (χ3n) is 4.43. The molecule has 3 aromatic rings. The molecule has 0 atom stereocenters. The van der Waals surface area contributed by atoms with E-state index < -0.39 is 9.84 Å². The molecule has 0 aliphatic carbocycles. The molecule has 0 spiro atoms. The maximum Gasteiger partial charge on any atom is 0.338 e. The highest BCUT2D eigenvalue weighted by Crippen LogP contribution is 2.24. The Hall–Kier alpha value is -2.65. The second kappa shape index (κ2) is 10.1. The van der Waals surface area contributed by atoms with Gasteiger partial charge in [-0.1, -0.05) is 42.1 Å². The molecule has 0 aliphatic heterocycles. The Morgan fingerprint density at radius 2 is 1.74 bits per heavy atom. The predicted octanol–water partition coefficient (Wildman–Crippen LogP) is 4.13. The second-order valence-electron chi connectivity index (χ2n) is 7.15. The lowest BCUT2D eigenvalue weighted by Gasteiger charge is -2.09. The molecule has 0 amide bonds. The predicted molar refractivity (Wildman–Crippen MR) is 120 cm³/mol. The fourth-order valence-corrected chi connectivity index (χ4v) is 5.17. The first-order chi connectivity index (χ1) is 14.8. The monoisotopic (exact) mass is 459 g/mol. The first-order valence-corrected chi connectivity index (χ1v) is 12.6. The molecule has 3 rings (SSSR count). The van der Waals surface area contributed by atoms with Crippen molar-refractivity contribution in [1.82, 2.24) is 14.8 Å². The topological polar surface area (TPSA) is 91.1 Å². The summed E-state index contributed by atoms with van der Waals surface area (Å²) in [5.74, 6) is 0.485. The minimum Gasteiger partial charge on any atom is -0.459 e. The molecular formula is C22H25N3O4S2. The van der Waals surface area contributed by atoms with Gasteiger partial charge in [-0.25, -0.2) is 13.2 Å². The molecule has 0 N–H and O–H groups in total. The summed E-state index contributed by atoms with van der Waals surface area (Å²) < 4.78 is 32.4. The van der Waals surface area contributed by atoms with Gasteiger partial charge < -0.3 is 9.30 Å². The number of hydrogen-bond donors (Lipinski definition) is 0. The maximum absolute atomic E-state index is 12.7. The Morgan fingerprint density at radius 3 is 2.35 bits per heavy atom. The number of carbonyl (C=O) groups excluding carboxylic acids is 1. The van der Waals surface area contributed by atoms with Crippen LogP contribution in [0.2, 0.25) is 0 Å². The van der Waals surface area contributed by atoms with E-state index in [9.17, 15) is 13.2 Å². The first-order valence-electron chi connectivity index (χ1n) is 9.92. The number of hydrogen-bond acceptors (Lipinski definition) is 7. The number of benzene rings is 2. The average molecular weight is 460 g/mol. The molecule has 2 aromatic carbocycles. The van der Waals surface area contributed by atoms with E-state index in [0.717, 1.165) is 5.56 Å². The van der Waals surface area contributed by atoms with Gasteiger partial charge in [0.25, 0.3) is 0 Å². The molecular weight excluding hydrogens is 434 g/mol. The smallest absolute Gasteiger partial charge is 0.338 e. The molecule has 0 bridgehead atoms. The lowest BCUT2D eigenvalue weighted by molar-refractivity contribution is 0.0378. The number of sulfone groups is 1. The molecule has 1 heterocycles. The highest BCUT2D eigenvalue weighted by atomic mass is 32.2. The van der Waals surface area contributed by atoms with Gasteiger partial charge >= 0.3 is 5.97 Å². The van der Waals surface area contributed by atoms with Crippen LogP contribution in [0.4, 0.5) is 0 Å². The Bertz CT molecular complexity index is 1130. The van der Waals surface area contributed by atoms with Gasteiger partial charge in [-0.15, -0.1) is 10.2 Å². The molecule has 0 unspecified atom stereocenters. The van der Waals surface area contributed by atoms with E-state index in [4.69, 9.17) is 4.74 Å². The summed E-state index contributed by atoms with van der Waals surface area (Å²) in [6.45, 7) is 6.12. The zero-order chi connectivity index (χ0) is 22.4. The van der Waals surface area contributed by atoms with Gasteiger partial charge in [0, 0.05) is 12.3 Å². The molecule has 0 radical (unpaired) electrons. The number of ether oxygens (including phenoxy) is 1. The summed E-state index contributed by atoms with van der Waals surface area (Å²) in [7, 11) is -3.50. The number of nitrogens with zero attached hydrogens (tertiary/aromatic N) is 3. The third-order valence-corrected chi connectivity index (χ3v) is 7.10. The summed E-state index contributed by atoms with van der Waals surface area (Å²) in [6.07, 6.45) is -0.164. The van der Waals surface area contributed by atoms with Crippen molar-refractivity contribution < 1.29 is 17.9 Å². The second-order valence-corrected chi connectivity index (χ2v) is 10.1. The quantitative estimate of drug-likeness (QED) is 0.351. The molecule has 0 aliphatic rings. The average Bonchev–Trinajstić information content (AvgIpc) is 3.13. The maximum atomic E-state index is 12.7. The minimum absolute atomic E-state index is 0.164. The highest BCUT2D eigenvalue weighted by molar-refractivity contribution is 7.98. The van der Waals surface area contributed by atoms with Crippen molar-refractivity contribution >= 4 is 27.6 Å². The van der Waals surface area contributed by atoms with Crippen LogP contribution in [-0.2, 0) is 32.6 Å². The highest BCUT2D eigenvalue weighted by Gasteiger charge is 2.21. The molecule has 1 aromatic heterocycles. The molecule has 0 fully saturated rings. The van der Waals surface area contributed by atoms with Crippen LogP contribution >= 0.6 is 11.8 Å². The summed E-state index contributed by atoms with van der Waals surface area (Å²) in [5, 5.41) is 8.98. The van der Waals surface area contributed by atoms with Gasteiger partial charge in [-0.2, -0.15) is 0 Å². The minimum atomic E-state index is -3.50. The first kappa shape index (κ1) is 23.0. The van der Waals surface area contributed by atoms with Gasteiger partial charge in [0.05, 0.1) is 16.6 Å². The summed E-state index contributed by atoms with van der Waals surface area (Å²) in [4.78, 5) is 12.2. The number of aromatic nitrogens is 3. The molecule has 0 saturated heterocycles. The van der Waals surface area contributed by atoms with E-state index in [2.05, 4.69) is 10.2 Å². The number of rotatable bonds is 9. The Morgan fingerprint density at radius 1 is 1.06 bits per heavy atom. The van der Waals surface area contributed by atoms with Crippen molar-refractivity contribution in [2.45, 2.75) is 55.0 Å². The normalized spacial score (nSPS) is 11.6. The SMILES string of the molecule is CCn1c(CS(=O)(=O)c2ccccc2)nnc1SCc1ccc(C(=O)OC(C)C)cc1. The van der Waals surface area contributed by atoms with Crippen molar-refractivity contribution in [3.05, 3.63) is 71.5 Å². The van der Waals surface area contributed by atoms with Gasteiger partial charge in [-0.05, 0) is 50.6 Å². The van der Waals surface area contributed by atoms with Crippen molar-refractivity contribution in [3.63, 3.8) is 0 Å². The van der Waals surface area contributed by atoms with E-state index in [-0.39, 0.29) is 22.7 Å². The Balaban J connectivity index is 1.68. The fraction of sp³-hybridized carbons (Fsp3) is 0.318. The van der Waals surface area contributed by atoms with Crippen LogP contribution < -0.4 is 0 Å².